The first-order valence-corrected chi connectivity index (χ1v) is 8.32. The Hall–Kier alpha value is -1.24. The minimum Gasteiger partial charge on any atom is -0.486 e. The molecule has 0 saturated heterocycles. The Bertz CT molecular complexity index is 560. The molecule has 1 N–H and O–H groups in total. The average molecular weight is 308 g/mol. The van der Waals surface area contributed by atoms with Crippen LogP contribution in [0.2, 0.25) is 0 Å². The van der Waals surface area contributed by atoms with Gasteiger partial charge in [-0.15, -0.1) is 11.3 Å². The summed E-state index contributed by atoms with van der Waals surface area (Å²) in [6.07, 6.45) is 1.84. The summed E-state index contributed by atoms with van der Waals surface area (Å²) in [4.78, 5) is 4.30. The van der Waals surface area contributed by atoms with Gasteiger partial charge in [0.2, 0.25) is 0 Å². The van der Waals surface area contributed by atoms with Gasteiger partial charge in [-0.2, -0.15) is 0 Å². The molecule has 0 aliphatic carbocycles. The molecule has 6 heteroatoms. The summed E-state index contributed by atoms with van der Waals surface area (Å²) in [5.41, 5.74) is 1.21. The minimum atomic E-state index is 0.264. The Morgan fingerprint density at radius 2 is 2.20 bits per heavy atom. The van der Waals surface area contributed by atoms with Gasteiger partial charge in [0.25, 0.3) is 0 Å². The standard InChI is InChI=1S/C14H16N2O2S2/c1-15-11(9-20-14-16-4-7-19-14)10-2-3-12-13(8-10)18-6-5-17-12/h2-4,7-8,11,15H,5-6,9H2,1H3. The van der Waals surface area contributed by atoms with Gasteiger partial charge in [-0.25, -0.2) is 4.98 Å². The summed E-state index contributed by atoms with van der Waals surface area (Å²) in [6.45, 7) is 1.25. The summed E-state index contributed by atoms with van der Waals surface area (Å²) in [7, 11) is 1.98. The number of benzene rings is 1. The van der Waals surface area contributed by atoms with Crippen molar-refractivity contribution < 1.29 is 9.47 Å². The lowest BCUT2D eigenvalue weighted by molar-refractivity contribution is 0.171. The van der Waals surface area contributed by atoms with E-state index in [0.717, 1.165) is 21.6 Å². The van der Waals surface area contributed by atoms with Gasteiger partial charge in [-0.1, -0.05) is 17.8 Å². The van der Waals surface area contributed by atoms with E-state index in [4.69, 9.17) is 9.47 Å². The maximum Gasteiger partial charge on any atom is 0.161 e. The first-order chi connectivity index (χ1) is 9.86. The van der Waals surface area contributed by atoms with Crippen molar-refractivity contribution in [3.63, 3.8) is 0 Å². The smallest absolute Gasteiger partial charge is 0.161 e. The van der Waals surface area contributed by atoms with Gasteiger partial charge >= 0.3 is 0 Å². The van der Waals surface area contributed by atoms with E-state index >= 15 is 0 Å². The van der Waals surface area contributed by atoms with E-state index in [0.29, 0.717) is 13.2 Å². The Morgan fingerprint density at radius 1 is 1.35 bits per heavy atom. The lowest BCUT2D eigenvalue weighted by atomic mass is 10.1. The van der Waals surface area contributed by atoms with Gasteiger partial charge in [0.1, 0.15) is 17.6 Å². The van der Waals surface area contributed by atoms with Crippen LogP contribution in [0.3, 0.4) is 0 Å². The molecule has 106 valence electrons. The van der Waals surface area contributed by atoms with Gasteiger partial charge in [0.15, 0.2) is 11.5 Å². The van der Waals surface area contributed by atoms with Crippen LogP contribution in [0.5, 0.6) is 11.5 Å². The van der Waals surface area contributed by atoms with Crippen LogP contribution in [0, 0.1) is 0 Å². The highest BCUT2D eigenvalue weighted by Gasteiger charge is 2.16. The van der Waals surface area contributed by atoms with E-state index in [-0.39, 0.29) is 6.04 Å². The van der Waals surface area contributed by atoms with Gasteiger partial charge in [-0.3, -0.25) is 0 Å². The SMILES string of the molecule is CNC(CSc1nccs1)c1ccc2c(c1)OCCO2. The Kier molecular flexibility index (Phi) is 4.44. The van der Waals surface area contributed by atoms with Crippen LogP contribution in [0.4, 0.5) is 0 Å². The monoisotopic (exact) mass is 308 g/mol. The normalized spacial score (nSPS) is 15.1. The minimum absolute atomic E-state index is 0.264. The van der Waals surface area contributed by atoms with E-state index in [1.807, 2.05) is 24.7 Å². The zero-order valence-corrected chi connectivity index (χ0v) is 12.8. The molecule has 0 fully saturated rings. The van der Waals surface area contributed by atoms with Gasteiger partial charge in [0.05, 0.1) is 0 Å². The van der Waals surface area contributed by atoms with Crippen LogP contribution in [-0.2, 0) is 0 Å². The zero-order chi connectivity index (χ0) is 13.8. The number of ether oxygens (including phenoxy) is 2. The largest absolute Gasteiger partial charge is 0.486 e. The molecule has 0 amide bonds. The zero-order valence-electron chi connectivity index (χ0n) is 11.2. The number of aromatic nitrogens is 1. The van der Waals surface area contributed by atoms with Crippen LogP contribution in [-0.4, -0.2) is 31.0 Å². The summed E-state index contributed by atoms with van der Waals surface area (Å²) >= 11 is 3.44. The maximum absolute atomic E-state index is 5.64. The van der Waals surface area contributed by atoms with E-state index in [2.05, 4.69) is 22.4 Å². The fraction of sp³-hybridized carbons (Fsp3) is 0.357. The fourth-order valence-corrected chi connectivity index (χ4v) is 3.87. The highest BCUT2D eigenvalue weighted by molar-refractivity contribution is 8.01. The van der Waals surface area contributed by atoms with E-state index in [9.17, 15) is 0 Å². The second-order valence-corrected chi connectivity index (χ2v) is 6.52. The molecule has 4 nitrogen and oxygen atoms in total. The van der Waals surface area contributed by atoms with E-state index < -0.39 is 0 Å². The third-order valence-corrected chi connectivity index (χ3v) is 5.16. The molecular weight excluding hydrogens is 292 g/mol. The molecule has 1 atom stereocenters. The summed E-state index contributed by atoms with van der Waals surface area (Å²) in [5.74, 6) is 2.61. The Balaban J connectivity index is 1.71. The fourth-order valence-electron chi connectivity index (χ4n) is 2.06. The predicted molar refractivity (Wildman–Crippen MR) is 82.1 cm³/mol. The van der Waals surface area contributed by atoms with Crippen molar-refractivity contribution in [1.29, 1.82) is 0 Å². The molecule has 20 heavy (non-hydrogen) atoms. The number of fused-ring (bicyclic) bond motifs is 1. The van der Waals surface area contributed by atoms with Crippen LogP contribution >= 0.6 is 23.1 Å². The molecule has 3 rings (SSSR count). The third kappa shape index (κ3) is 3.08. The Morgan fingerprint density at radius 3 is 2.95 bits per heavy atom. The van der Waals surface area contributed by atoms with Crippen molar-refractivity contribution in [3.8, 4) is 11.5 Å². The van der Waals surface area contributed by atoms with Gasteiger partial charge in [0, 0.05) is 23.4 Å². The predicted octanol–water partition coefficient (Wildman–Crippen LogP) is 2.97. The van der Waals surface area contributed by atoms with Crippen molar-refractivity contribution in [2.45, 2.75) is 10.4 Å². The van der Waals surface area contributed by atoms with Crippen molar-refractivity contribution in [2.75, 3.05) is 26.0 Å². The summed E-state index contributed by atoms with van der Waals surface area (Å²) < 4.78 is 12.3. The number of thioether (sulfide) groups is 1. The molecule has 0 radical (unpaired) electrons. The molecule has 0 saturated carbocycles. The number of hydrogen-bond acceptors (Lipinski definition) is 6. The molecule has 1 aromatic carbocycles. The number of rotatable bonds is 5. The molecule has 1 aromatic heterocycles. The highest BCUT2D eigenvalue weighted by Crippen LogP contribution is 2.34. The van der Waals surface area contributed by atoms with Crippen molar-refractivity contribution >= 4 is 23.1 Å². The second kappa shape index (κ2) is 6.47. The molecule has 2 heterocycles. The number of nitrogens with one attached hydrogen (secondary N) is 1. The molecule has 1 unspecified atom stereocenters. The lowest BCUT2D eigenvalue weighted by Gasteiger charge is -2.21. The number of thiazole rings is 1. The molecular formula is C14H16N2O2S2. The van der Waals surface area contributed by atoms with Crippen molar-refractivity contribution in [2.24, 2.45) is 0 Å². The number of hydrogen-bond donors (Lipinski definition) is 1. The van der Waals surface area contributed by atoms with Crippen LogP contribution in [0.1, 0.15) is 11.6 Å². The van der Waals surface area contributed by atoms with Crippen LogP contribution in [0.25, 0.3) is 0 Å². The highest BCUT2D eigenvalue weighted by atomic mass is 32.2. The second-order valence-electron chi connectivity index (χ2n) is 4.35. The summed E-state index contributed by atoms with van der Waals surface area (Å²) in [5, 5.41) is 5.35. The lowest BCUT2D eigenvalue weighted by Crippen LogP contribution is -2.20. The molecule has 1 aliphatic heterocycles. The first-order valence-electron chi connectivity index (χ1n) is 6.46. The third-order valence-electron chi connectivity index (χ3n) is 3.10. The maximum atomic E-state index is 5.64. The molecule has 0 spiro atoms. The van der Waals surface area contributed by atoms with Crippen molar-refractivity contribution in [1.82, 2.24) is 10.3 Å². The topological polar surface area (TPSA) is 43.4 Å². The summed E-state index contributed by atoms with van der Waals surface area (Å²) in [6, 6.07) is 6.41. The van der Waals surface area contributed by atoms with Crippen LogP contribution in [0.15, 0.2) is 34.1 Å². The number of nitrogens with zero attached hydrogens (tertiary/aromatic N) is 1. The van der Waals surface area contributed by atoms with Crippen LogP contribution < -0.4 is 14.8 Å². The quantitative estimate of drug-likeness (QED) is 0.860. The Labute approximate surface area is 126 Å². The van der Waals surface area contributed by atoms with Gasteiger partial charge < -0.3 is 14.8 Å². The van der Waals surface area contributed by atoms with Gasteiger partial charge in [-0.05, 0) is 24.7 Å². The molecule has 2 aromatic rings. The molecule has 1 aliphatic rings. The average Bonchev–Trinajstić information content (AvgIpc) is 3.01. The van der Waals surface area contributed by atoms with Crippen molar-refractivity contribution in [3.05, 3.63) is 35.3 Å². The first kappa shape index (κ1) is 13.7. The van der Waals surface area contributed by atoms with E-state index in [1.54, 1.807) is 23.1 Å². The van der Waals surface area contributed by atoms with E-state index in [1.165, 1.54) is 5.56 Å². The molecule has 0 bridgehead atoms.